The van der Waals surface area contributed by atoms with Gasteiger partial charge in [0.2, 0.25) is 0 Å². The number of anilines is 1. The van der Waals surface area contributed by atoms with Crippen LogP contribution in [0.25, 0.3) is 0 Å². The van der Waals surface area contributed by atoms with Gasteiger partial charge in [0.25, 0.3) is 0 Å². The van der Waals surface area contributed by atoms with Gasteiger partial charge in [-0.15, -0.1) is 0 Å². The van der Waals surface area contributed by atoms with Crippen molar-refractivity contribution in [3.05, 3.63) is 36.0 Å². The Balaban J connectivity index is 1.58. The quantitative estimate of drug-likeness (QED) is 0.885. The van der Waals surface area contributed by atoms with Crippen molar-refractivity contribution in [2.45, 2.75) is 51.8 Å². The monoisotopic (exact) mass is 289 g/mol. The van der Waals surface area contributed by atoms with Crippen LogP contribution in [0.3, 0.4) is 0 Å². The van der Waals surface area contributed by atoms with E-state index in [9.17, 15) is 0 Å². The highest BCUT2D eigenvalue weighted by Crippen LogP contribution is 2.22. The minimum absolute atomic E-state index is 0.130. The van der Waals surface area contributed by atoms with Gasteiger partial charge in [-0.3, -0.25) is 4.68 Å². The van der Waals surface area contributed by atoms with E-state index in [0.29, 0.717) is 6.10 Å². The highest BCUT2D eigenvalue weighted by Gasteiger charge is 2.17. The Bertz CT molecular complexity index is 570. The Morgan fingerprint density at radius 2 is 2.38 bits per heavy atom. The van der Waals surface area contributed by atoms with Crippen molar-refractivity contribution in [1.29, 1.82) is 0 Å². The number of rotatable bonds is 6. The van der Waals surface area contributed by atoms with Crippen LogP contribution in [0.15, 0.2) is 28.9 Å². The Hall–Kier alpha value is -1.75. The molecule has 21 heavy (non-hydrogen) atoms. The number of hydrogen-bond donors (Lipinski definition) is 1. The standard InChI is InChI=1S/C16H23N3O2/c1-3-14-6-7-16(21-14)12(2)18-13-9-17-19(10-13)11-15-5-4-8-20-15/h6-7,9-10,12,15,18H,3-5,8,11H2,1-2H3. The molecule has 1 N–H and O–H groups in total. The van der Waals surface area contributed by atoms with Crippen molar-refractivity contribution in [2.24, 2.45) is 0 Å². The zero-order chi connectivity index (χ0) is 14.7. The van der Waals surface area contributed by atoms with Gasteiger partial charge in [0, 0.05) is 19.2 Å². The van der Waals surface area contributed by atoms with Crippen molar-refractivity contribution in [2.75, 3.05) is 11.9 Å². The van der Waals surface area contributed by atoms with Gasteiger partial charge in [-0.1, -0.05) is 6.92 Å². The highest BCUT2D eigenvalue weighted by atomic mass is 16.5. The average Bonchev–Trinajstić information content (AvgIpc) is 3.20. The van der Waals surface area contributed by atoms with Crippen molar-refractivity contribution in [3.8, 4) is 0 Å². The summed E-state index contributed by atoms with van der Waals surface area (Å²) in [5.74, 6) is 1.98. The van der Waals surface area contributed by atoms with Gasteiger partial charge in [-0.05, 0) is 31.9 Å². The summed E-state index contributed by atoms with van der Waals surface area (Å²) < 4.78 is 13.4. The third-order valence-electron chi connectivity index (χ3n) is 3.89. The van der Waals surface area contributed by atoms with Gasteiger partial charge >= 0.3 is 0 Å². The second kappa shape index (κ2) is 6.35. The molecule has 5 nitrogen and oxygen atoms in total. The van der Waals surface area contributed by atoms with E-state index in [0.717, 1.165) is 49.6 Å². The molecule has 0 radical (unpaired) electrons. The molecule has 1 fully saturated rings. The lowest BCUT2D eigenvalue weighted by atomic mass is 10.2. The summed E-state index contributed by atoms with van der Waals surface area (Å²) in [5.41, 5.74) is 1.01. The number of furan rings is 1. The zero-order valence-electron chi connectivity index (χ0n) is 12.7. The topological polar surface area (TPSA) is 52.2 Å². The SMILES string of the molecule is CCc1ccc(C(C)Nc2cnn(CC3CCCO3)c2)o1. The fourth-order valence-corrected chi connectivity index (χ4v) is 2.67. The van der Waals surface area contributed by atoms with Crippen molar-refractivity contribution in [3.63, 3.8) is 0 Å². The van der Waals surface area contributed by atoms with Crippen LogP contribution in [0.4, 0.5) is 5.69 Å². The normalized spacial score (nSPS) is 19.8. The summed E-state index contributed by atoms with van der Waals surface area (Å²) in [6.07, 6.45) is 7.41. The van der Waals surface area contributed by atoms with Crippen LogP contribution in [0.1, 0.15) is 44.3 Å². The van der Waals surface area contributed by atoms with E-state index < -0.39 is 0 Å². The molecule has 3 rings (SSSR count). The number of nitrogens with zero attached hydrogens (tertiary/aromatic N) is 2. The maximum atomic E-state index is 5.77. The Morgan fingerprint density at radius 3 is 3.10 bits per heavy atom. The minimum Gasteiger partial charge on any atom is -0.464 e. The molecule has 2 aromatic heterocycles. The molecule has 1 saturated heterocycles. The molecule has 0 saturated carbocycles. The van der Waals surface area contributed by atoms with Crippen LogP contribution < -0.4 is 5.32 Å². The zero-order valence-corrected chi connectivity index (χ0v) is 12.7. The summed E-state index contributed by atoms with van der Waals surface area (Å²) in [4.78, 5) is 0. The molecule has 114 valence electrons. The molecule has 0 aromatic carbocycles. The number of hydrogen-bond acceptors (Lipinski definition) is 4. The van der Waals surface area contributed by atoms with Crippen LogP contribution in [0.5, 0.6) is 0 Å². The van der Waals surface area contributed by atoms with E-state index in [2.05, 4.69) is 24.3 Å². The molecule has 2 unspecified atom stereocenters. The maximum absolute atomic E-state index is 5.77. The number of ether oxygens (including phenoxy) is 1. The lowest BCUT2D eigenvalue weighted by Crippen LogP contribution is -2.15. The van der Waals surface area contributed by atoms with Crippen LogP contribution in [-0.4, -0.2) is 22.5 Å². The second-order valence-corrected chi connectivity index (χ2v) is 5.61. The van der Waals surface area contributed by atoms with Crippen molar-refractivity contribution < 1.29 is 9.15 Å². The van der Waals surface area contributed by atoms with Gasteiger partial charge in [0.1, 0.15) is 11.5 Å². The van der Waals surface area contributed by atoms with Crippen LogP contribution in [0.2, 0.25) is 0 Å². The molecular formula is C16H23N3O2. The smallest absolute Gasteiger partial charge is 0.126 e. The van der Waals surface area contributed by atoms with E-state index in [4.69, 9.17) is 9.15 Å². The molecule has 0 aliphatic carbocycles. The first kappa shape index (κ1) is 14.2. The molecule has 0 spiro atoms. The number of aromatic nitrogens is 2. The lowest BCUT2D eigenvalue weighted by Gasteiger charge is -2.11. The predicted octanol–water partition coefficient (Wildman–Crippen LogP) is 3.39. The summed E-state index contributed by atoms with van der Waals surface area (Å²) in [6, 6.07) is 4.20. The molecule has 1 aliphatic rings. The molecule has 0 bridgehead atoms. The third kappa shape index (κ3) is 3.47. The lowest BCUT2D eigenvalue weighted by molar-refractivity contribution is 0.0940. The van der Waals surface area contributed by atoms with Gasteiger partial charge in [0.15, 0.2) is 0 Å². The van der Waals surface area contributed by atoms with Gasteiger partial charge in [0.05, 0.1) is 30.6 Å². The molecule has 2 atom stereocenters. The van der Waals surface area contributed by atoms with Gasteiger partial charge in [-0.2, -0.15) is 5.10 Å². The highest BCUT2D eigenvalue weighted by molar-refractivity contribution is 5.40. The third-order valence-corrected chi connectivity index (χ3v) is 3.89. The van der Waals surface area contributed by atoms with Crippen LogP contribution in [-0.2, 0) is 17.7 Å². The first-order valence-corrected chi connectivity index (χ1v) is 7.74. The van der Waals surface area contributed by atoms with Crippen LogP contribution in [0, 0.1) is 0 Å². The van der Waals surface area contributed by atoms with E-state index in [1.165, 1.54) is 0 Å². The Morgan fingerprint density at radius 1 is 1.48 bits per heavy atom. The summed E-state index contributed by atoms with van der Waals surface area (Å²) >= 11 is 0. The fraction of sp³-hybridized carbons (Fsp3) is 0.562. The Labute approximate surface area is 125 Å². The number of nitrogens with one attached hydrogen (secondary N) is 1. The van der Waals surface area contributed by atoms with Crippen LogP contribution >= 0.6 is 0 Å². The second-order valence-electron chi connectivity index (χ2n) is 5.61. The summed E-state index contributed by atoms with van der Waals surface area (Å²) in [7, 11) is 0. The van der Waals surface area contributed by atoms with Gasteiger partial charge in [-0.25, -0.2) is 0 Å². The fourth-order valence-electron chi connectivity index (χ4n) is 2.67. The molecule has 3 heterocycles. The van der Waals surface area contributed by atoms with E-state index in [-0.39, 0.29) is 6.04 Å². The first-order chi connectivity index (χ1) is 10.2. The minimum atomic E-state index is 0.130. The molecule has 5 heteroatoms. The van der Waals surface area contributed by atoms with Gasteiger partial charge < -0.3 is 14.5 Å². The van der Waals surface area contributed by atoms with Crippen molar-refractivity contribution >= 4 is 5.69 Å². The van der Waals surface area contributed by atoms with E-state index >= 15 is 0 Å². The molecule has 2 aromatic rings. The molecular weight excluding hydrogens is 266 g/mol. The first-order valence-electron chi connectivity index (χ1n) is 7.74. The summed E-state index contributed by atoms with van der Waals surface area (Å²) in [6.45, 7) is 5.90. The predicted molar refractivity (Wildman–Crippen MR) is 81.3 cm³/mol. The summed E-state index contributed by atoms with van der Waals surface area (Å²) in [5, 5.41) is 7.81. The number of aryl methyl sites for hydroxylation is 1. The average molecular weight is 289 g/mol. The Kier molecular flexibility index (Phi) is 4.29. The van der Waals surface area contributed by atoms with E-state index in [1.54, 1.807) is 0 Å². The maximum Gasteiger partial charge on any atom is 0.126 e. The van der Waals surface area contributed by atoms with E-state index in [1.807, 2.05) is 29.2 Å². The molecule has 0 amide bonds. The largest absolute Gasteiger partial charge is 0.464 e. The molecule has 1 aliphatic heterocycles. The van der Waals surface area contributed by atoms with Crippen molar-refractivity contribution in [1.82, 2.24) is 9.78 Å².